The standard InChI is InChI=1S/C21H36N8O6/c22-16(30)8-7-13(27-17(31)12-4-1-9-25-12)18(32)28-14(5-2-10-26-21(23)24)19(33)29-11-3-6-15(29)20(34)35/h12-15,25H,1-11H2,(H2,22,30)(H,27,31)(H,28,32)(H,34,35)(H4,23,24,26)/t12-,13-,14-,15-/m0/s1. The average Bonchev–Trinajstić information content (AvgIpc) is 3.49. The first kappa shape index (κ1) is 27.8. The third kappa shape index (κ3) is 8.70. The van der Waals surface area contributed by atoms with Crippen molar-refractivity contribution >= 4 is 35.6 Å². The van der Waals surface area contributed by atoms with Crippen molar-refractivity contribution in [2.24, 2.45) is 11.5 Å². The summed E-state index contributed by atoms with van der Waals surface area (Å²) >= 11 is 0. The van der Waals surface area contributed by atoms with Crippen LogP contribution in [0.2, 0.25) is 0 Å². The Morgan fingerprint density at radius 1 is 1.06 bits per heavy atom. The fourth-order valence-electron chi connectivity index (χ4n) is 4.28. The van der Waals surface area contributed by atoms with Crippen LogP contribution in [-0.2, 0) is 24.0 Å². The van der Waals surface area contributed by atoms with Crippen molar-refractivity contribution in [3.05, 3.63) is 0 Å². The van der Waals surface area contributed by atoms with Gasteiger partial charge in [-0.05, 0) is 51.5 Å². The van der Waals surface area contributed by atoms with Crippen molar-refractivity contribution < 1.29 is 29.1 Å². The Kier molecular flexibility index (Phi) is 10.7. The number of rotatable bonds is 13. The van der Waals surface area contributed by atoms with Crippen LogP contribution in [0.3, 0.4) is 0 Å². The van der Waals surface area contributed by atoms with Crippen LogP contribution in [-0.4, -0.2) is 89.4 Å². The van der Waals surface area contributed by atoms with Crippen molar-refractivity contribution in [1.82, 2.24) is 26.2 Å². The number of likely N-dealkylation sites (tertiary alicyclic amines) is 1. The lowest BCUT2D eigenvalue weighted by Gasteiger charge is -2.29. The first-order valence-corrected chi connectivity index (χ1v) is 11.8. The minimum Gasteiger partial charge on any atom is -0.480 e. The SMILES string of the molecule is N=C(N)NCCC[C@H](NC(=O)[C@H](CCC(N)=O)NC(=O)[C@@H]1CCCN1)C(=O)N1CCC[C@H]1C(=O)O. The maximum absolute atomic E-state index is 13.2. The molecule has 2 aliphatic heterocycles. The summed E-state index contributed by atoms with van der Waals surface area (Å²) in [6, 6.07) is -3.59. The lowest BCUT2D eigenvalue weighted by molar-refractivity contribution is -0.149. The van der Waals surface area contributed by atoms with Gasteiger partial charge < -0.3 is 42.7 Å². The molecule has 0 aromatic rings. The summed E-state index contributed by atoms with van der Waals surface area (Å²) in [6.45, 7) is 1.21. The number of aliphatic carboxylic acids is 1. The van der Waals surface area contributed by atoms with Gasteiger partial charge in [0.25, 0.3) is 0 Å². The largest absolute Gasteiger partial charge is 0.480 e. The van der Waals surface area contributed by atoms with Gasteiger partial charge in [-0.3, -0.25) is 24.6 Å². The lowest BCUT2D eigenvalue weighted by Crippen LogP contribution is -2.57. The molecule has 0 saturated carbocycles. The molecular weight excluding hydrogens is 460 g/mol. The van der Waals surface area contributed by atoms with Crippen molar-refractivity contribution in [2.75, 3.05) is 19.6 Å². The molecule has 0 spiro atoms. The summed E-state index contributed by atoms with van der Waals surface area (Å²) in [5.74, 6) is -3.58. The average molecular weight is 497 g/mol. The molecule has 2 rings (SSSR count). The molecule has 0 unspecified atom stereocenters. The highest BCUT2D eigenvalue weighted by Crippen LogP contribution is 2.20. The monoisotopic (exact) mass is 496 g/mol. The minimum atomic E-state index is -1.12. The third-order valence-corrected chi connectivity index (χ3v) is 6.11. The van der Waals surface area contributed by atoms with E-state index >= 15 is 0 Å². The fraction of sp³-hybridized carbons (Fsp3) is 0.714. The molecule has 14 nitrogen and oxygen atoms in total. The second kappa shape index (κ2) is 13.5. The number of hydrogen-bond donors (Lipinski definition) is 8. The van der Waals surface area contributed by atoms with Gasteiger partial charge in [0, 0.05) is 19.5 Å². The maximum Gasteiger partial charge on any atom is 0.326 e. The van der Waals surface area contributed by atoms with Gasteiger partial charge in [-0.2, -0.15) is 0 Å². The third-order valence-electron chi connectivity index (χ3n) is 6.11. The maximum atomic E-state index is 13.2. The van der Waals surface area contributed by atoms with E-state index in [0.717, 1.165) is 6.42 Å². The molecule has 0 aromatic heterocycles. The predicted octanol–water partition coefficient (Wildman–Crippen LogP) is -2.69. The Hall–Kier alpha value is -3.42. The highest BCUT2D eigenvalue weighted by molar-refractivity contribution is 5.94. The van der Waals surface area contributed by atoms with Crippen molar-refractivity contribution in [2.45, 2.75) is 75.5 Å². The van der Waals surface area contributed by atoms with E-state index in [0.29, 0.717) is 32.2 Å². The van der Waals surface area contributed by atoms with Crippen LogP contribution in [0.15, 0.2) is 0 Å². The molecule has 0 radical (unpaired) electrons. The van der Waals surface area contributed by atoms with Gasteiger partial charge in [0.1, 0.15) is 18.1 Å². The van der Waals surface area contributed by atoms with E-state index in [-0.39, 0.29) is 44.2 Å². The quantitative estimate of drug-likeness (QED) is 0.0752. The number of carbonyl (C=O) groups is 5. The highest BCUT2D eigenvalue weighted by atomic mass is 16.4. The van der Waals surface area contributed by atoms with Gasteiger partial charge in [-0.25, -0.2) is 4.79 Å². The highest BCUT2D eigenvalue weighted by Gasteiger charge is 2.38. The first-order valence-electron chi connectivity index (χ1n) is 11.8. The number of carbonyl (C=O) groups excluding carboxylic acids is 4. The number of primary amides is 1. The molecule has 4 atom stereocenters. The van der Waals surface area contributed by atoms with Gasteiger partial charge in [-0.15, -0.1) is 0 Å². The zero-order chi connectivity index (χ0) is 26.0. The molecule has 0 bridgehead atoms. The van der Waals surface area contributed by atoms with Gasteiger partial charge >= 0.3 is 5.97 Å². The van der Waals surface area contributed by atoms with Crippen LogP contribution in [0.1, 0.15) is 51.4 Å². The summed E-state index contributed by atoms with van der Waals surface area (Å²) in [5, 5.41) is 27.6. The molecule has 0 aliphatic carbocycles. The second-order valence-electron chi connectivity index (χ2n) is 8.79. The number of nitrogens with two attached hydrogens (primary N) is 2. The molecule has 2 heterocycles. The molecule has 10 N–H and O–H groups in total. The van der Waals surface area contributed by atoms with E-state index in [2.05, 4.69) is 21.3 Å². The minimum absolute atomic E-state index is 0.0477. The van der Waals surface area contributed by atoms with E-state index < -0.39 is 47.9 Å². The first-order chi connectivity index (χ1) is 16.6. The zero-order valence-electron chi connectivity index (χ0n) is 19.7. The molecule has 2 fully saturated rings. The molecule has 2 saturated heterocycles. The molecule has 4 amide bonds. The zero-order valence-corrected chi connectivity index (χ0v) is 19.7. The van der Waals surface area contributed by atoms with Crippen LogP contribution >= 0.6 is 0 Å². The summed E-state index contributed by atoms with van der Waals surface area (Å²) in [6.07, 6.45) is 2.59. The van der Waals surface area contributed by atoms with E-state index in [4.69, 9.17) is 16.9 Å². The number of nitrogens with zero attached hydrogens (tertiary/aromatic N) is 1. The van der Waals surface area contributed by atoms with E-state index in [1.807, 2.05) is 0 Å². The van der Waals surface area contributed by atoms with Gasteiger partial charge in [0.15, 0.2) is 5.96 Å². The predicted molar refractivity (Wildman–Crippen MR) is 125 cm³/mol. The number of amides is 4. The normalized spacial score (nSPS) is 21.1. The number of nitrogens with one attached hydrogen (secondary N) is 5. The Morgan fingerprint density at radius 3 is 2.40 bits per heavy atom. The number of carboxylic acid groups (broad SMARTS) is 1. The lowest BCUT2D eigenvalue weighted by atomic mass is 10.1. The van der Waals surface area contributed by atoms with Crippen LogP contribution in [0.4, 0.5) is 0 Å². The molecule has 2 aliphatic rings. The van der Waals surface area contributed by atoms with Crippen LogP contribution < -0.4 is 32.7 Å². The number of carboxylic acids is 1. The molecule has 0 aromatic carbocycles. The molecular formula is C21H36N8O6. The Bertz CT molecular complexity index is 816. The number of hydrogen-bond acceptors (Lipinski definition) is 7. The van der Waals surface area contributed by atoms with E-state index in [1.165, 1.54) is 4.90 Å². The van der Waals surface area contributed by atoms with Gasteiger partial charge in [0.05, 0.1) is 6.04 Å². The molecule has 35 heavy (non-hydrogen) atoms. The van der Waals surface area contributed by atoms with E-state index in [1.54, 1.807) is 0 Å². The van der Waals surface area contributed by atoms with E-state index in [9.17, 15) is 29.1 Å². The topological polar surface area (TPSA) is 233 Å². The van der Waals surface area contributed by atoms with Crippen LogP contribution in [0.25, 0.3) is 0 Å². The van der Waals surface area contributed by atoms with Crippen LogP contribution in [0, 0.1) is 5.41 Å². The Morgan fingerprint density at radius 2 is 1.80 bits per heavy atom. The number of guanidine groups is 1. The molecule has 14 heteroatoms. The summed E-state index contributed by atoms with van der Waals surface area (Å²) in [4.78, 5) is 63.1. The van der Waals surface area contributed by atoms with Gasteiger partial charge in [0.2, 0.25) is 23.6 Å². The second-order valence-corrected chi connectivity index (χ2v) is 8.79. The summed E-state index contributed by atoms with van der Waals surface area (Å²) in [7, 11) is 0. The Labute approximate surface area is 203 Å². The van der Waals surface area contributed by atoms with Crippen molar-refractivity contribution in [1.29, 1.82) is 5.41 Å². The van der Waals surface area contributed by atoms with Crippen molar-refractivity contribution in [3.8, 4) is 0 Å². The summed E-state index contributed by atoms with van der Waals surface area (Å²) in [5.41, 5.74) is 10.5. The van der Waals surface area contributed by atoms with Crippen LogP contribution in [0.5, 0.6) is 0 Å². The molecule has 196 valence electrons. The Balaban J connectivity index is 2.13. The fourth-order valence-corrected chi connectivity index (χ4v) is 4.28. The summed E-state index contributed by atoms with van der Waals surface area (Å²) < 4.78 is 0. The van der Waals surface area contributed by atoms with Gasteiger partial charge in [-0.1, -0.05) is 0 Å². The van der Waals surface area contributed by atoms with Crippen molar-refractivity contribution in [3.63, 3.8) is 0 Å². The smallest absolute Gasteiger partial charge is 0.326 e.